The normalized spacial score (nSPS) is 19.5. The number of cyclic esters (lactones) is 1. The van der Waals surface area contributed by atoms with Gasteiger partial charge in [-0.05, 0) is 11.1 Å². The predicted molar refractivity (Wildman–Crippen MR) is 76.9 cm³/mol. The van der Waals surface area contributed by atoms with E-state index >= 15 is 0 Å². The van der Waals surface area contributed by atoms with Gasteiger partial charge in [-0.2, -0.15) is 0 Å². The van der Waals surface area contributed by atoms with Crippen molar-refractivity contribution in [3.05, 3.63) is 77.4 Å². The molecule has 1 aliphatic rings. The van der Waals surface area contributed by atoms with E-state index in [1.165, 1.54) is 0 Å². The Kier molecular flexibility index (Phi) is 3.56. The summed E-state index contributed by atoms with van der Waals surface area (Å²) in [4.78, 5) is 12.0. The number of esters is 1. The second-order valence-corrected chi connectivity index (χ2v) is 4.77. The third-order valence-electron chi connectivity index (χ3n) is 3.45. The van der Waals surface area contributed by atoms with Gasteiger partial charge in [-0.1, -0.05) is 60.7 Å². The van der Waals surface area contributed by atoms with Gasteiger partial charge in [-0.25, -0.2) is 4.79 Å². The predicted octanol–water partition coefficient (Wildman–Crippen LogP) is 2.05. The molecule has 3 rings (SSSR count). The molecule has 0 saturated carbocycles. The molecule has 0 fully saturated rings. The molecule has 0 radical (unpaired) electrons. The number of aliphatic hydroxyl groups excluding tert-OH is 2. The van der Waals surface area contributed by atoms with Gasteiger partial charge in [0.05, 0.1) is 5.57 Å². The first kappa shape index (κ1) is 13.5. The minimum absolute atomic E-state index is 0.178. The number of hydrogen-bond donors (Lipinski definition) is 2. The molecular weight excluding hydrogens is 268 g/mol. The lowest BCUT2D eigenvalue weighted by Crippen LogP contribution is -2.15. The van der Waals surface area contributed by atoms with Crippen molar-refractivity contribution in [3.63, 3.8) is 0 Å². The van der Waals surface area contributed by atoms with Crippen molar-refractivity contribution < 1.29 is 19.7 Å². The van der Waals surface area contributed by atoms with Gasteiger partial charge in [0.15, 0.2) is 0 Å². The summed E-state index contributed by atoms with van der Waals surface area (Å²) in [7, 11) is 0. The Hall–Kier alpha value is -2.43. The van der Waals surface area contributed by atoms with Crippen LogP contribution in [0.2, 0.25) is 0 Å². The Morgan fingerprint density at radius 3 is 2.14 bits per heavy atom. The molecule has 2 aromatic rings. The molecule has 1 aliphatic heterocycles. The van der Waals surface area contributed by atoms with Crippen molar-refractivity contribution in [2.24, 2.45) is 0 Å². The molecule has 4 heteroatoms. The van der Waals surface area contributed by atoms with Crippen molar-refractivity contribution in [2.45, 2.75) is 12.4 Å². The molecule has 0 amide bonds. The molecule has 2 aromatic carbocycles. The molecule has 0 saturated heterocycles. The van der Waals surface area contributed by atoms with Gasteiger partial charge < -0.3 is 14.9 Å². The number of rotatable bonds is 3. The minimum Gasteiger partial charge on any atom is -0.428 e. The Bertz CT molecular complexity index is 676. The summed E-state index contributed by atoms with van der Waals surface area (Å²) in [5.41, 5.74) is 1.61. The molecule has 2 N–H and O–H groups in total. The van der Waals surface area contributed by atoms with E-state index in [4.69, 9.17) is 4.74 Å². The molecule has 0 aliphatic carbocycles. The van der Waals surface area contributed by atoms with Gasteiger partial charge >= 0.3 is 5.97 Å². The molecular formula is C17H14O4. The van der Waals surface area contributed by atoms with Crippen LogP contribution in [0.25, 0.3) is 5.57 Å². The van der Waals surface area contributed by atoms with Crippen LogP contribution in [0.4, 0.5) is 0 Å². The highest BCUT2D eigenvalue weighted by Gasteiger charge is 2.37. The maximum absolute atomic E-state index is 12.0. The van der Waals surface area contributed by atoms with E-state index in [9.17, 15) is 15.0 Å². The van der Waals surface area contributed by atoms with E-state index < -0.39 is 18.4 Å². The fourth-order valence-electron chi connectivity index (χ4n) is 2.44. The third kappa shape index (κ3) is 2.46. The first-order valence-electron chi connectivity index (χ1n) is 6.60. The van der Waals surface area contributed by atoms with E-state index in [1.807, 2.05) is 12.1 Å². The van der Waals surface area contributed by atoms with Crippen LogP contribution in [0.3, 0.4) is 0 Å². The standard InChI is InChI=1S/C17H14O4/c18-15(12-9-5-2-6-10-12)14-13(16(19)21-17(14)20)11-7-3-1-4-8-11/h1-10,15,17-18,20H/t15-,17-/m0/s1. The molecule has 0 bridgehead atoms. The van der Waals surface area contributed by atoms with Crippen molar-refractivity contribution in [2.75, 3.05) is 0 Å². The Labute approximate surface area is 121 Å². The van der Waals surface area contributed by atoms with Crippen LogP contribution in [-0.2, 0) is 9.53 Å². The summed E-state index contributed by atoms with van der Waals surface area (Å²) in [6.45, 7) is 0. The summed E-state index contributed by atoms with van der Waals surface area (Å²) in [5.74, 6) is -0.626. The zero-order chi connectivity index (χ0) is 14.8. The quantitative estimate of drug-likeness (QED) is 0.846. The average Bonchev–Trinajstić information content (AvgIpc) is 2.82. The zero-order valence-electron chi connectivity index (χ0n) is 11.1. The summed E-state index contributed by atoms with van der Waals surface area (Å²) >= 11 is 0. The van der Waals surface area contributed by atoms with Gasteiger partial charge in [0.1, 0.15) is 6.10 Å². The Morgan fingerprint density at radius 1 is 0.952 bits per heavy atom. The molecule has 1 heterocycles. The largest absolute Gasteiger partial charge is 0.428 e. The van der Waals surface area contributed by atoms with Gasteiger partial charge in [0.25, 0.3) is 0 Å². The van der Waals surface area contributed by atoms with E-state index in [-0.39, 0.29) is 11.1 Å². The third-order valence-corrected chi connectivity index (χ3v) is 3.45. The average molecular weight is 282 g/mol. The van der Waals surface area contributed by atoms with Gasteiger partial charge in [-0.15, -0.1) is 0 Å². The first-order chi connectivity index (χ1) is 10.2. The van der Waals surface area contributed by atoms with Gasteiger partial charge in [0.2, 0.25) is 6.29 Å². The molecule has 106 valence electrons. The smallest absolute Gasteiger partial charge is 0.341 e. The van der Waals surface area contributed by atoms with E-state index in [0.29, 0.717) is 11.1 Å². The molecule has 2 atom stereocenters. The molecule has 21 heavy (non-hydrogen) atoms. The number of hydrogen-bond acceptors (Lipinski definition) is 4. The van der Waals surface area contributed by atoms with E-state index in [1.54, 1.807) is 48.5 Å². The summed E-state index contributed by atoms with van der Waals surface area (Å²) in [6, 6.07) is 17.7. The monoisotopic (exact) mass is 282 g/mol. The Balaban J connectivity index is 2.11. The first-order valence-corrected chi connectivity index (χ1v) is 6.60. The van der Waals surface area contributed by atoms with Crippen LogP contribution in [0.15, 0.2) is 66.2 Å². The zero-order valence-corrected chi connectivity index (χ0v) is 11.1. The second-order valence-electron chi connectivity index (χ2n) is 4.77. The highest BCUT2D eigenvalue weighted by atomic mass is 16.6. The fraction of sp³-hybridized carbons (Fsp3) is 0.118. The van der Waals surface area contributed by atoms with Crippen molar-refractivity contribution >= 4 is 11.5 Å². The van der Waals surface area contributed by atoms with Gasteiger partial charge in [-0.3, -0.25) is 0 Å². The van der Waals surface area contributed by atoms with Crippen LogP contribution >= 0.6 is 0 Å². The van der Waals surface area contributed by atoms with Crippen molar-refractivity contribution in [1.82, 2.24) is 0 Å². The van der Waals surface area contributed by atoms with Gasteiger partial charge in [0, 0.05) is 5.57 Å². The molecule has 0 aromatic heterocycles. The number of benzene rings is 2. The maximum Gasteiger partial charge on any atom is 0.341 e. The highest BCUT2D eigenvalue weighted by molar-refractivity contribution is 6.19. The number of carbonyl (C=O) groups excluding carboxylic acids is 1. The van der Waals surface area contributed by atoms with Crippen LogP contribution in [0.5, 0.6) is 0 Å². The summed E-state index contributed by atoms with van der Waals surface area (Å²) < 4.78 is 4.87. The lowest BCUT2D eigenvalue weighted by molar-refractivity contribution is -0.151. The minimum atomic E-state index is -1.43. The number of carbonyl (C=O) groups is 1. The lowest BCUT2D eigenvalue weighted by atomic mass is 9.94. The SMILES string of the molecule is O=C1O[C@H](O)C([C@@H](O)c2ccccc2)=C1c1ccccc1. The summed E-state index contributed by atoms with van der Waals surface area (Å²) in [6.07, 6.45) is -2.52. The van der Waals surface area contributed by atoms with Crippen LogP contribution < -0.4 is 0 Å². The van der Waals surface area contributed by atoms with Crippen molar-refractivity contribution in [1.29, 1.82) is 0 Å². The highest BCUT2D eigenvalue weighted by Crippen LogP contribution is 2.37. The molecule has 0 spiro atoms. The number of ether oxygens (including phenoxy) is 1. The number of aliphatic hydroxyl groups is 2. The van der Waals surface area contributed by atoms with Crippen molar-refractivity contribution in [3.8, 4) is 0 Å². The summed E-state index contributed by atoms with van der Waals surface area (Å²) in [5, 5.41) is 20.5. The van der Waals surface area contributed by atoms with Crippen LogP contribution in [0, 0.1) is 0 Å². The molecule has 4 nitrogen and oxygen atoms in total. The fourth-order valence-corrected chi connectivity index (χ4v) is 2.44. The van der Waals surface area contributed by atoms with E-state index in [2.05, 4.69) is 0 Å². The lowest BCUT2D eigenvalue weighted by Gasteiger charge is -2.15. The van der Waals surface area contributed by atoms with Crippen LogP contribution in [-0.4, -0.2) is 22.5 Å². The second kappa shape index (κ2) is 5.52. The molecule has 0 unspecified atom stereocenters. The Morgan fingerprint density at radius 2 is 1.52 bits per heavy atom. The van der Waals surface area contributed by atoms with E-state index in [0.717, 1.165) is 0 Å². The topological polar surface area (TPSA) is 66.8 Å². The van der Waals surface area contributed by atoms with Crippen LogP contribution in [0.1, 0.15) is 17.2 Å². The maximum atomic E-state index is 12.0.